The van der Waals surface area contributed by atoms with Gasteiger partial charge in [0.2, 0.25) is 11.8 Å². The highest BCUT2D eigenvalue weighted by molar-refractivity contribution is 5.55. The van der Waals surface area contributed by atoms with Gasteiger partial charge >= 0.3 is 0 Å². The molecule has 0 aliphatic rings. The van der Waals surface area contributed by atoms with Gasteiger partial charge in [-0.05, 0) is 35.6 Å². The number of nitrogens with zero attached hydrogens (tertiary/aromatic N) is 3. The highest BCUT2D eigenvalue weighted by atomic mass is 16.6. The lowest BCUT2D eigenvalue weighted by Crippen LogP contribution is -2.25. The van der Waals surface area contributed by atoms with Crippen LogP contribution in [-0.2, 0) is 13.0 Å². The second-order valence-corrected chi connectivity index (χ2v) is 7.00. The predicted molar refractivity (Wildman–Crippen MR) is 107 cm³/mol. The van der Waals surface area contributed by atoms with E-state index >= 15 is 0 Å². The minimum Gasteiger partial charge on any atom is -0.419 e. The summed E-state index contributed by atoms with van der Waals surface area (Å²) in [5, 5.41) is 22.4. The summed E-state index contributed by atoms with van der Waals surface area (Å²) < 4.78 is 5.72. The lowest BCUT2D eigenvalue weighted by atomic mass is 9.95. The van der Waals surface area contributed by atoms with Crippen molar-refractivity contribution in [3.63, 3.8) is 0 Å². The van der Waals surface area contributed by atoms with E-state index in [2.05, 4.69) is 60.6 Å². The Kier molecular flexibility index (Phi) is 6.16. The van der Waals surface area contributed by atoms with E-state index in [-0.39, 0.29) is 11.7 Å². The molecule has 28 heavy (non-hydrogen) atoms. The minimum absolute atomic E-state index is 0.0269. The van der Waals surface area contributed by atoms with Gasteiger partial charge in [0, 0.05) is 23.7 Å². The van der Waals surface area contributed by atoms with Gasteiger partial charge in [-0.3, -0.25) is 10.1 Å². The fourth-order valence-corrected chi connectivity index (χ4v) is 3.06. The highest BCUT2D eigenvalue weighted by Gasteiger charge is 2.17. The molecule has 0 amide bonds. The molecule has 1 N–H and O–H groups in total. The molecule has 1 aromatic heterocycles. The van der Waals surface area contributed by atoms with Gasteiger partial charge in [-0.1, -0.05) is 45.0 Å². The Morgan fingerprint density at radius 1 is 1.07 bits per heavy atom. The molecule has 1 heterocycles. The van der Waals surface area contributed by atoms with E-state index in [1.807, 2.05) is 0 Å². The summed E-state index contributed by atoms with van der Waals surface area (Å²) in [6, 6.07) is 14.9. The normalized spacial score (nSPS) is 12.3. The number of hydrogen-bond donors (Lipinski definition) is 1. The Balaban J connectivity index is 1.68. The lowest BCUT2D eigenvalue weighted by Gasteiger charge is -2.22. The number of nitrogens with one attached hydrogen (secondary N) is 1. The van der Waals surface area contributed by atoms with Crippen LogP contribution in [0.2, 0.25) is 0 Å². The van der Waals surface area contributed by atoms with E-state index in [1.54, 1.807) is 12.1 Å². The number of aromatic nitrogens is 2. The maximum absolute atomic E-state index is 10.8. The zero-order valence-corrected chi connectivity index (χ0v) is 16.3. The first kappa shape index (κ1) is 19.7. The van der Waals surface area contributed by atoms with Crippen LogP contribution in [0.3, 0.4) is 0 Å². The first-order valence-electron chi connectivity index (χ1n) is 9.37. The fourth-order valence-electron chi connectivity index (χ4n) is 3.06. The van der Waals surface area contributed by atoms with Gasteiger partial charge in [0.25, 0.3) is 5.69 Å². The Hall–Kier alpha value is -3.06. The highest BCUT2D eigenvalue weighted by Crippen LogP contribution is 2.24. The van der Waals surface area contributed by atoms with Crippen LogP contribution in [0.4, 0.5) is 5.69 Å². The zero-order valence-electron chi connectivity index (χ0n) is 16.3. The van der Waals surface area contributed by atoms with Crippen molar-refractivity contribution >= 4 is 5.69 Å². The molecule has 0 aliphatic heterocycles. The van der Waals surface area contributed by atoms with Crippen LogP contribution in [-0.4, -0.2) is 15.1 Å². The summed E-state index contributed by atoms with van der Waals surface area (Å²) in [7, 11) is 0. The third kappa shape index (κ3) is 4.61. The maximum atomic E-state index is 10.8. The first-order chi connectivity index (χ1) is 13.5. The molecule has 146 valence electrons. The molecule has 0 saturated heterocycles. The van der Waals surface area contributed by atoms with Crippen LogP contribution in [0, 0.1) is 16.0 Å². The van der Waals surface area contributed by atoms with Crippen LogP contribution in [0.25, 0.3) is 11.5 Å². The SMILES string of the molecule is CCc1ccc(C(NCc2nnc(-c3ccc([N+](=O)[O-])cc3)o2)C(C)C)cc1. The molecule has 3 aromatic rings. The van der Waals surface area contributed by atoms with Gasteiger partial charge in [0.1, 0.15) is 0 Å². The number of nitro groups is 1. The molecule has 0 spiro atoms. The molecule has 0 fully saturated rings. The molecular formula is C21H24N4O3. The van der Waals surface area contributed by atoms with Gasteiger partial charge in [-0.2, -0.15) is 0 Å². The van der Waals surface area contributed by atoms with Crippen molar-refractivity contribution in [2.45, 2.75) is 39.8 Å². The largest absolute Gasteiger partial charge is 0.419 e. The van der Waals surface area contributed by atoms with E-state index in [0.29, 0.717) is 29.8 Å². The van der Waals surface area contributed by atoms with Crippen LogP contribution in [0.5, 0.6) is 0 Å². The standard InChI is InChI=1S/C21H24N4O3/c1-4-15-5-7-16(8-6-15)20(14(2)3)22-13-19-23-24-21(28-19)17-9-11-18(12-10-17)25(26)27/h5-12,14,20,22H,4,13H2,1-3H3. The Morgan fingerprint density at radius 3 is 2.32 bits per heavy atom. The van der Waals surface area contributed by atoms with Gasteiger partial charge in [0.15, 0.2) is 0 Å². The van der Waals surface area contributed by atoms with E-state index in [4.69, 9.17) is 4.42 Å². The fraction of sp³-hybridized carbons (Fsp3) is 0.333. The Bertz CT molecular complexity index is 918. The summed E-state index contributed by atoms with van der Waals surface area (Å²) in [6.45, 7) is 6.92. The smallest absolute Gasteiger partial charge is 0.269 e. The summed E-state index contributed by atoms with van der Waals surface area (Å²) in [5.41, 5.74) is 3.22. The molecular weight excluding hydrogens is 356 g/mol. The predicted octanol–water partition coefficient (Wildman–Crippen LogP) is 4.69. The molecule has 0 saturated carbocycles. The number of nitro benzene ring substituents is 1. The average Bonchev–Trinajstić information content (AvgIpc) is 3.17. The van der Waals surface area contributed by atoms with Crippen molar-refractivity contribution in [2.24, 2.45) is 5.92 Å². The topological polar surface area (TPSA) is 94.1 Å². The van der Waals surface area contributed by atoms with E-state index in [1.165, 1.54) is 23.3 Å². The number of rotatable bonds is 8. The van der Waals surface area contributed by atoms with Gasteiger partial charge in [-0.25, -0.2) is 0 Å². The molecule has 2 aromatic carbocycles. The van der Waals surface area contributed by atoms with Gasteiger partial charge in [0.05, 0.1) is 11.5 Å². The van der Waals surface area contributed by atoms with Crippen LogP contribution < -0.4 is 5.32 Å². The third-order valence-corrected chi connectivity index (χ3v) is 4.68. The molecule has 0 aliphatic carbocycles. The molecule has 1 atom stereocenters. The second kappa shape index (κ2) is 8.75. The second-order valence-electron chi connectivity index (χ2n) is 7.00. The Labute approximate surface area is 164 Å². The van der Waals surface area contributed by atoms with Crippen molar-refractivity contribution in [3.8, 4) is 11.5 Å². The van der Waals surface area contributed by atoms with E-state index < -0.39 is 4.92 Å². The monoisotopic (exact) mass is 380 g/mol. The molecule has 0 bridgehead atoms. The average molecular weight is 380 g/mol. The van der Waals surface area contributed by atoms with Crippen molar-refractivity contribution in [1.82, 2.24) is 15.5 Å². The lowest BCUT2D eigenvalue weighted by molar-refractivity contribution is -0.384. The summed E-state index contributed by atoms with van der Waals surface area (Å²) in [5.74, 6) is 1.22. The van der Waals surface area contributed by atoms with Crippen molar-refractivity contribution < 1.29 is 9.34 Å². The molecule has 7 nitrogen and oxygen atoms in total. The third-order valence-electron chi connectivity index (χ3n) is 4.68. The maximum Gasteiger partial charge on any atom is 0.269 e. The van der Waals surface area contributed by atoms with Crippen molar-refractivity contribution in [2.75, 3.05) is 0 Å². The first-order valence-corrected chi connectivity index (χ1v) is 9.37. The molecule has 7 heteroatoms. The number of benzene rings is 2. The van der Waals surface area contributed by atoms with E-state index in [9.17, 15) is 10.1 Å². The van der Waals surface area contributed by atoms with Gasteiger partial charge in [-0.15, -0.1) is 10.2 Å². The van der Waals surface area contributed by atoms with Gasteiger partial charge < -0.3 is 9.73 Å². The minimum atomic E-state index is -0.438. The van der Waals surface area contributed by atoms with Crippen LogP contribution in [0.15, 0.2) is 52.9 Å². The summed E-state index contributed by atoms with van der Waals surface area (Å²) >= 11 is 0. The number of aryl methyl sites for hydroxylation is 1. The summed E-state index contributed by atoms with van der Waals surface area (Å²) in [4.78, 5) is 10.3. The molecule has 1 unspecified atom stereocenters. The molecule has 0 radical (unpaired) electrons. The number of hydrogen-bond acceptors (Lipinski definition) is 6. The van der Waals surface area contributed by atoms with Crippen molar-refractivity contribution in [1.29, 1.82) is 0 Å². The summed E-state index contributed by atoms with van der Waals surface area (Å²) in [6.07, 6.45) is 1.02. The number of non-ortho nitro benzene ring substituents is 1. The van der Waals surface area contributed by atoms with Crippen LogP contribution >= 0.6 is 0 Å². The van der Waals surface area contributed by atoms with E-state index in [0.717, 1.165) is 6.42 Å². The van der Waals surface area contributed by atoms with Crippen LogP contribution in [0.1, 0.15) is 43.8 Å². The zero-order chi connectivity index (χ0) is 20.1. The quantitative estimate of drug-likeness (QED) is 0.450. The molecule has 3 rings (SSSR count). The Morgan fingerprint density at radius 2 is 1.75 bits per heavy atom. The van der Waals surface area contributed by atoms with Crippen molar-refractivity contribution in [3.05, 3.63) is 75.7 Å².